The topological polar surface area (TPSA) is 17.1 Å². The van der Waals surface area contributed by atoms with Crippen molar-refractivity contribution in [2.24, 2.45) is 11.8 Å². The Labute approximate surface area is 185 Å². The minimum atomic E-state index is -0.0924. The van der Waals surface area contributed by atoms with Crippen molar-refractivity contribution in [3.8, 4) is 0 Å². The first kappa shape index (κ1) is 20.8. The fourth-order valence-electron chi connectivity index (χ4n) is 4.35. The molecular weight excluding hydrogens is 376 g/mol. The molecule has 0 amide bonds. The number of rotatable bonds is 9. The SMILES string of the molecule is O=C(c1ccccc1)C(Cc1ccccc1)C(Cc1ccccc1)Cc1ccccc1. The molecule has 4 rings (SSSR count). The van der Waals surface area contributed by atoms with Crippen LogP contribution in [0.5, 0.6) is 0 Å². The molecule has 1 atom stereocenters. The fraction of sp³-hybridized carbons (Fsp3) is 0.167. The van der Waals surface area contributed by atoms with Gasteiger partial charge in [0.05, 0.1) is 0 Å². The number of benzene rings is 4. The first-order valence-corrected chi connectivity index (χ1v) is 11.0. The molecule has 0 aliphatic rings. The molecule has 0 aliphatic heterocycles. The Hall–Kier alpha value is -3.45. The second-order valence-electron chi connectivity index (χ2n) is 8.17. The largest absolute Gasteiger partial charge is 0.294 e. The molecule has 1 unspecified atom stereocenters. The summed E-state index contributed by atoms with van der Waals surface area (Å²) in [5.41, 5.74) is 4.57. The lowest BCUT2D eigenvalue weighted by Gasteiger charge is -2.27. The minimum absolute atomic E-state index is 0.0924. The fourth-order valence-corrected chi connectivity index (χ4v) is 4.35. The predicted octanol–water partition coefficient (Wildman–Crippen LogP) is 6.83. The van der Waals surface area contributed by atoms with Crippen molar-refractivity contribution < 1.29 is 4.79 Å². The van der Waals surface area contributed by atoms with Crippen LogP contribution in [0.2, 0.25) is 0 Å². The molecule has 4 aromatic rings. The van der Waals surface area contributed by atoms with E-state index in [1.807, 2.05) is 48.5 Å². The van der Waals surface area contributed by atoms with E-state index in [9.17, 15) is 4.79 Å². The number of Topliss-reactive ketones (excluding diaryl/α,β-unsaturated/α-hetero) is 1. The molecule has 0 saturated heterocycles. The van der Waals surface area contributed by atoms with Gasteiger partial charge in [-0.3, -0.25) is 4.79 Å². The second kappa shape index (κ2) is 10.5. The molecule has 0 bridgehead atoms. The van der Waals surface area contributed by atoms with E-state index >= 15 is 0 Å². The van der Waals surface area contributed by atoms with Crippen LogP contribution in [0.15, 0.2) is 121 Å². The van der Waals surface area contributed by atoms with E-state index in [0.717, 1.165) is 24.8 Å². The summed E-state index contributed by atoms with van der Waals surface area (Å²) in [7, 11) is 0. The van der Waals surface area contributed by atoms with E-state index in [-0.39, 0.29) is 17.6 Å². The van der Waals surface area contributed by atoms with Gasteiger partial charge in [0, 0.05) is 11.5 Å². The van der Waals surface area contributed by atoms with Crippen molar-refractivity contribution in [2.45, 2.75) is 19.3 Å². The van der Waals surface area contributed by atoms with Gasteiger partial charge in [-0.25, -0.2) is 0 Å². The van der Waals surface area contributed by atoms with Gasteiger partial charge in [-0.1, -0.05) is 121 Å². The van der Waals surface area contributed by atoms with Gasteiger partial charge in [-0.15, -0.1) is 0 Å². The Kier molecular flexibility index (Phi) is 7.08. The third-order valence-corrected chi connectivity index (χ3v) is 5.94. The molecule has 31 heavy (non-hydrogen) atoms. The van der Waals surface area contributed by atoms with Crippen LogP contribution in [-0.2, 0) is 19.3 Å². The number of hydrogen-bond donors (Lipinski definition) is 0. The highest BCUT2D eigenvalue weighted by Crippen LogP contribution is 2.29. The average molecular weight is 405 g/mol. The summed E-state index contributed by atoms with van der Waals surface area (Å²) in [6.07, 6.45) is 2.51. The van der Waals surface area contributed by atoms with Gasteiger partial charge in [-0.2, -0.15) is 0 Å². The summed E-state index contributed by atoms with van der Waals surface area (Å²) in [6.45, 7) is 0. The molecule has 0 spiro atoms. The van der Waals surface area contributed by atoms with Crippen molar-refractivity contribution in [2.75, 3.05) is 0 Å². The zero-order valence-electron chi connectivity index (χ0n) is 17.7. The predicted molar refractivity (Wildman–Crippen MR) is 128 cm³/mol. The smallest absolute Gasteiger partial charge is 0.166 e. The van der Waals surface area contributed by atoms with Gasteiger partial charge in [0.1, 0.15) is 0 Å². The first-order valence-electron chi connectivity index (χ1n) is 11.0. The van der Waals surface area contributed by atoms with Gasteiger partial charge in [0.25, 0.3) is 0 Å². The highest BCUT2D eigenvalue weighted by atomic mass is 16.1. The molecule has 1 heteroatoms. The van der Waals surface area contributed by atoms with E-state index in [0.29, 0.717) is 0 Å². The van der Waals surface area contributed by atoms with E-state index in [2.05, 4.69) is 72.8 Å². The van der Waals surface area contributed by atoms with Crippen molar-refractivity contribution >= 4 is 5.78 Å². The third-order valence-electron chi connectivity index (χ3n) is 5.94. The molecule has 0 fully saturated rings. The van der Waals surface area contributed by atoms with Crippen molar-refractivity contribution in [1.82, 2.24) is 0 Å². The lowest BCUT2D eigenvalue weighted by molar-refractivity contribution is 0.0869. The third kappa shape index (κ3) is 5.79. The molecule has 0 saturated carbocycles. The van der Waals surface area contributed by atoms with Gasteiger partial charge >= 0.3 is 0 Å². The monoisotopic (exact) mass is 404 g/mol. The van der Waals surface area contributed by atoms with Crippen LogP contribution in [0, 0.1) is 11.8 Å². The molecule has 154 valence electrons. The Bertz CT molecular complexity index is 1010. The summed E-state index contributed by atoms with van der Waals surface area (Å²) in [6, 6.07) is 41.3. The summed E-state index contributed by atoms with van der Waals surface area (Å²) in [5, 5.41) is 0. The van der Waals surface area contributed by atoms with E-state index in [1.165, 1.54) is 16.7 Å². The summed E-state index contributed by atoms with van der Waals surface area (Å²) >= 11 is 0. The number of ketones is 1. The Balaban J connectivity index is 1.70. The zero-order chi connectivity index (χ0) is 21.3. The summed E-state index contributed by atoms with van der Waals surface area (Å²) < 4.78 is 0. The van der Waals surface area contributed by atoms with Crippen LogP contribution < -0.4 is 0 Å². The average Bonchev–Trinajstić information content (AvgIpc) is 2.84. The van der Waals surface area contributed by atoms with Crippen LogP contribution in [0.1, 0.15) is 27.0 Å². The van der Waals surface area contributed by atoms with Crippen molar-refractivity contribution in [3.05, 3.63) is 144 Å². The molecule has 0 radical (unpaired) electrons. The standard InChI is InChI=1S/C30H28O/c31-30(27-19-11-4-12-20-27)29(23-26-17-9-3-10-18-26)28(21-24-13-5-1-6-14-24)22-25-15-7-2-8-16-25/h1-20,28-29H,21-23H2. The van der Waals surface area contributed by atoms with E-state index < -0.39 is 0 Å². The van der Waals surface area contributed by atoms with Gasteiger partial charge in [0.2, 0.25) is 0 Å². The Morgan fingerprint density at radius 2 is 0.839 bits per heavy atom. The van der Waals surface area contributed by atoms with E-state index in [1.54, 1.807) is 0 Å². The minimum Gasteiger partial charge on any atom is -0.294 e. The van der Waals surface area contributed by atoms with E-state index in [4.69, 9.17) is 0 Å². The molecule has 0 heterocycles. The second-order valence-corrected chi connectivity index (χ2v) is 8.17. The molecule has 0 aliphatic carbocycles. The number of hydrogen-bond acceptors (Lipinski definition) is 1. The van der Waals surface area contributed by atoms with Gasteiger partial charge in [-0.05, 0) is 41.9 Å². The first-order chi connectivity index (χ1) is 15.3. The molecule has 0 N–H and O–H groups in total. The summed E-state index contributed by atoms with van der Waals surface area (Å²) in [4.78, 5) is 13.8. The Morgan fingerprint density at radius 1 is 0.484 bits per heavy atom. The quantitative estimate of drug-likeness (QED) is 0.279. The lowest BCUT2D eigenvalue weighted by atomic mass is 9.75. The van der Waals surface area contributed by atoms with Crippen LogP contribution in [0.25, 0.3) is 0 Å². The van der Waals surface area contributed by atoms with Gasteiger partial charge < -0.3 is 0 Å². The maximum Gasteiger partial charge on any atom is 0.166 e. The normalized spacial score (nSPS) is 11.9. The molecule has 4 aromatic carbocycles. The summed E-state index contributed by atoms with van der Waals surface area (Å²) in [5.74, 6) is 0.351. The van der Waals surface area contributed by atoms with Crippen molar-refractivity contribution in [1.29, 1.82) is 0 Å². The highest BCUT2D eigenvalue weighted by Gasteiger charge is 2.29. The maximum atomic E-state index is 13.8. The zero-order valence-corrected chi connectivity index (χ0v) is 17.7. The van der Waals surface area contributed by atoms with Crippen LogP contribution >= 0.6 is 0 Å². The van der Waals surface area contributed by atoms with Crippen molar-refractivity contribution in [3.63, 3.8) is 0 Å². The Morgan fingerprint density at radius 3 is 1.26 bits per heavy atom. The molecule has 1 nitrogen and oxygen atoms in total. The van der Waals surface area contributed by atoms with Crippen LogP contribution in [0.4, 0.5) is 0 Å². The molecule has 0 aromatic heterocycles. The highest BCUT2D eigenvalue weighted by molar-refractivity contribution is 5.98. The van der Waals surface area contributed by atoms with Crippen LogP contribution in [0.3, 0.4) is 0 Å². The molecular formula is C30H28O. The maximum absolute atomic E-state index is 13.8. The lowest BCUT2D eigenvalue weighted by Crippen LogP contribution is -2.29. The van der Waals surface area contributed by atoms with Gasteiger partial charge in [0.15, 0.2) is 5.78 Å². The van der Waals surface area contributed by atoms with Crippen LogP contribution in [-0.4, -0.2) is 5.78 Å². The number of carbonyl (C=O) groups excluding carboxylic acids is 1. The number of carbonyl (C=O) groups is 1.